The summed E-state index contributed by atoms with van der Waals surface area (Å²) in [5.74, 6) is 4.61. The van der Waals surface area contributed by atoms with Crippen LogP contribution in [0.3, 0.4) is 0 Å². The molecule has 0 heterocycles. The van der Waals surface area contributed by atoms with Crippen molar-refractivity contribution in [1.29, 1.82) is 0 Å². The van der Waals surface area contributed by atoms with Crippen LogP contribution in [0.2, 0.25) is 0 Å². The normalized spacial score (nSPS) is 11.4. The predicted molar refractivity (Wildman–Crippen MR) is 76.8 cm³/mol. The van der Waals surface area contributed by atoms with Crippen LogP contribution in [0.4, 0.5) is 4.39 Å². The highest BCUT2D eigenvalue weighted by Crippen LogP contribution is 2.14. The van der Waals surface area contributed by atoms with Gasteiger partial charge in [0.05, 0.1) is 5.56 Å². The molecule has 1 unspecified atom stereocenters. The zero-order valence-corrected chi connectivity index (χ0v) is 12.1. The fourth-order valence-electron chi connectivity index (χ4n) is 1.79. The first-order valence-corrected chi connectivity index (χ1v) is 6.64. The van der Waals surface area contributed by atoms with E-state index in [1.165, 1.54) is 23.1 Å². The maximum Gasteiger partial charge on any atom is 0.256 e. The lowest BCUT2D eigenvalue weighted by Gasteiger charge is -2.21. The molecule has 0 spiro atoms. The van der Waals surface area contributed by atoms with Crippen molar-refractivity contribution in [2.24, 2.45) is 5.92 Å². The van der Waals surface area contributed by atoms with Gasteiger partial charge in [0.15, 0.2) is 0 Å². The summed E-state index contributed by atoms with van der Waals surface area (Å²) in [7, 11) is 1.67. The molecule has 1 N–H and O–H groups in total. The van der Waals surface area contributed by atoms with Gasteiger partial charge in [0.1, 0.15) is 12.4 Å². The smallest absolute Gasteiger partial charge is 0.256 e. The quantitative estimate of drug-likeness (QED) is 0.858. The Bertz CT molecular complexity index is 531. The minimum Gasteiger partial charge on any atom is -0.384 e. The van der Waals surface area contributed by atoms with E-state index in [0.717, 1.165) is 6.42 Å². The van der Waals surface area contributed by atoms with Gasteiger partial charge in [0.2, 0.25) is 0 Å². The van der Waals surface area contributed by atoms with Gasteiger partial charge in [0.25, 0.3) is 5.91 Å². The van der Waals surface area contributed by atoms with Crippen molar-refractivity contribution in [1.82, 2.24) is 4.90 Å². The van der Waals surface area contributed by atoms with Gasteiger partial charge in [-0.25, -0.2) is 4.39 Å². The molecule has 1 aromatic rings. The molecule has 1 rings (SSSR count). The zero-order valence-electron chi connectivity index (χ0n) is 12.1. The summed E-state index contributed by atoms with van der Waals surface area (Å²) in [5, 5.41) is 8.65. The van der Waals surface area contributed by atoms with Crippen molar-refractivity contribution in [2.45, 2.75) is 20.3 Å². The van der Waals surface area contributed by atoms with Crippen molar-refractivity contribution >= 4 is 5.91 Å². The number of benzene rings is 1. The van der Waals surface area contributed by atoms with E-state index in [1.54, 1.807) is 7.05 Å². The first-order valence-electron chi connectivity index (χ1n) is 6.64. The number of amides is 1. The molecule has 0 aliphatic carbocycles. The zero-order chi connectivity index (χ0) is 15.1. The first kappa shape index (κ1) is 16.2. The molecule has 1 atom stereocenters. The van der Waals surface area contributed by atoms with Crippen LogP contribution in [-0.2, 0) is 0 Å². The fraction of sp³-hybridized carbons (Fsp3) is 0.438. The molecule has 0 radical (unpaired) electrons. The molecule has 0 saturated carbocycles. The van der Waals surface area contributed by atoms with Gasteiger partial charge in [-0.2, -0.15) is 0 Å². The number of nitrogens with zero attached hydrogens (tertiary/aromatic N) is 1. The SMILES string of the molecule is CCC(C)CN(C)C(=O)c1cc(C#CCO)ccc1F. The second-order valence-electron chi connectivity index (χ2n) is 4.85. The average molecular weight is 277 g/mol. The molecule has 3 nitrogen and oxygen atoms in total. The lowest BCUT2D eigenvalue weighted by Crippen LogP contribution is -2.31. The Balaban J connectivity index is 2.96. The minimum absolute atomic E-state index is 0.0144. The molecule has 0 aromatic heterocycles. The third-order valence-corrected chi connectivity index (χ3v) is 3.14. The highest BCUT2D eigenvalue weighted by molar-refractivity contribution is 5.94. The summed E-state index contributed by atoms with van der Waals surface area (Å²) in [6.45, 7) is 4.41. The van der Waals surface area contributed by atoms with E-state index in [4.69, 9.17) is 5.11 Å². The Kier molecular flexibility index (Phi) is 6.20. The minimum atomic E-state index is -0.555. The molecule has 108 valence electrons. The van der Waals surface area contributed by atoms with E-state index >= 15 is 0 Å². The predicted octanol–water partition coefficient (Wildman–Crippen LogP) is 2.29. The van der Waals surface area contributed by atoms with E-state index < -0.39 is 5.82 Å². The Morgan fingerprint density at radius 3 is 2.80 bits per heavy atom. The first-order chi connectivity index (χ1) is 9.49. The summed E-state index contributed by atoms with van der Waals surface area (Å²) in [6, 6.07) is 4.14. The Morgan fingerprint density at radius 2 is 2.20 bits per heavy atom. The van der Waals surface area contributed by atoms with Gasteiger partial charge < -0.3 is 10.0 Å². The van der Waals surface area contributed by atoms with Crippen LogP contribution in [0.15, 0.2) is 18.2 Å². The summed E-state index contributed by atoms with van der Waals surface area (Å²) in [4.78, 5) is 13.8. The molecule has 4 heteroatoms. The summed E-state index contributed by atoms with van der Waals surface area (Å²) in [6.07, 6.45) is 0.960. The van der Waals surface area contributed by atoms with E-state index in [-0.39, 0.29) is 18.1 Å². The Morgan fingerprint density at radius 1 is 1.50 bits per heavy atom. The Labute approximate surface area is 119 Å². The van der Waals surface area contributed by atoms with E-state index in [0.29, 0.717) is 18.0 Å². The third kappa shape index (κ3) is 4.36. The topological polar surface area (TPSA) is 40.5 Å². The molecule has 0 aliphatic heterocycles. The average Bonchev–Trinajstić information content (AvgIpc) is 2.45. The fourth-order valence-corrected chi connectivity index (χ4v) is 1.79. The van der Waals surface area contributed by atoms with Crippen LogP contribution in [-0.4, -0.2) is 36.1 Å². The third-order valence-electron chi connectivity index (χ3n) is 3.14. The standard InChI is InChI=1S/C16H20FNO2/c1-4-12(2)11-18(3)16(20)14-10-13(6-5-9-19)7-8-15(14)17/h7-8,10,12,19H,4,9,11H2,1-3H3. The van der Waals surface area contributed by atoms with Crippen molar-refractivity contribution in [3.8, 4) is 11.8 Å². The summed E-state index contributed by atoms with van der Waals surface area (Å²) >= 11 is 0. The van der Waals surface area contributed by atoms with Crippen LogP contribution in [0, 0.1) is 23.6 Å². The van der Waals surface area contributed by atoms with E-state index in [2.05, 4.69) is 18.8 Å². The summed E-state index contributed by atoms with van der Waals surface area (Å²) in [5.41, 5.74) is 0.529. The van der Waals surface area contributed by atoms with Crippen LogP contribution >= 0.6 is 0 Å². The Hall–Kier alpha value is -1.86. The number of hydrogen-bond acceptors (Lipinski definition) is 2. The van der Waals surface area contributed by atoms with Crippen molar-refractivity contribution in [2.75, 3.05) is 20.2 Å². The van der Waals surface area contributed by atoms with Gasteiger partial charge in [-0.1, -0.05) is 32.1 Å². The van der Waals surface area contributed by atoms with Crippen LogP contribution in [0.25, 0.3) is 0 Å². The highest BCUT2D eigenvalue weighted by Gasteiger charge is 2.17. The number of carbonyl (C=O) groups is 1. The molecule has 0 saturated heterocycles. The molecule has 0 aliphatic rings. The van der Waals surface area contributed by atoms with E-state index in [1.807, 2.05) is 6.92 Å². The van der Waals surface area contributed by atoms with Crippen molar-refractivity contribution in [3.63, 3.8) is 0 Å². The van der Waals surface area contributed by atoms with Gasteiger partial charge in [-0.3, -0.25) is 4.79 Å². The van der Waals surface area contributed by atoms with Gasteiger partial charge in [-0.05, 0) is 24.1 Å². The monoisotopic (exact) mass is 277 g/mol. The maximum absolute atomic E-state index is 13.8. The van der Waals surface area contributed by atoms with Crippen molar-refractivity contribution in [3.05, 3.63) is 35.1 Å². The number of halogens is 1. The lowest BCUT2D eigenvalue weighted by molar-refractivity contribution is 0.0770. The van der Waals surface area contributed by atoms with Gasteiger partial charge >= 0.3 is 0 Å². The number of aliphatic hydroxyl groups is 1. The molecule has 1 amide bonds. The van der Waals surface area contributed by atoms with Crippen LogP contribution < -0.4 is 0 Å². The molecule has 1 aromatic carbocycles. The van der Waals surface area contributed by atoms with Crippen LogP contribution in [0.5, 0.6) is 0 Å². The molecule has 0 bridgehead atoms. The second kappa shape index (κ2) is 7.66. The number of hydrogen-bond donors (Lipinski definition) is 1. The second-order valence-corrected chi connectivity index (χ2v) is 4.85. The number of aliphatic hydroxyl groups excluding tert-OH is 1. The number of carbonyl (C=O) groups excluding carboxylic acids is 1. The molecular formula is C16H20FNO2. The van der Waals surface area contributed by atoms with Crippen molar-refractivity contribution < 1.29 is 14.3 Å². The molecule has 20 heavy (non-hydrogen) atoms. The van der Waals surface area contributed by atoms with Gasteiger partial charge in [-0.15, -0.1) is 0 Å². The van der Waals surface area contributed by atoms with E-state index in [9.17, 15) is 9.18 Å². The lowest BCUT2D eigenvalue weighted by atomic mass is 10.1. The highest BCUT2D eigenvalue weighted by atomic mass is 19.1. The molecule has 0 fully saturated rings. The summed E-state index contributed by atoms with van der Waals surface area (Å²) < 4.78 is 13.8. The maximum atomic E-state index is 13.8. The number of rotatable bonds is 4. The molecular weight excluding hydrogens is 257 g/mol. The largest absolute Gasteiger partial charge is 0.384 e. The van der Waals surface area contributed by atoms with Crippen LogP contribution in [0.1, 0.15) is 36.2 Å². The van der Waals surface area contributed by atoms with Gasteiger partial charge in [0, 0.05) is 19.2 Å².